The van der Waals surface area contributed by atoms with E-state index in [-0.39, 0.29) is 13.2 Å². The van der Waals surface area contributed by atoms with Crippen LogP contribution in [0, 0.1) is 11.3 Å². The van der Waals surface area contributed by atoms with Crippen molar-refractivity contribution in [2.45, 2.75) is 20.0 Å². The van der Waals surface area contributed by atoms with Crippen molar-refractivity contribution in [3.8, 4) is 11.8 Å². The van der Waals surface area contributed by atoms with E-state index >= 15 is 0 Å². The number of hydrogen-bond donors (Lipinski definition) is 0. The Kier molecular flexibility index (Phi) is 6.36. The molecule has 2 aromatic rings. The Labute approximate surface area is 141 Å². The zero-order valence-electron chi connectivity index (χ0n) is 13.9. The van der Waals surface area contributed by atoms with Gasteiger partial charge in [0, 0.05) is 0 Å². The molecule has 6 nitrogen and oxygen atoms in total. The van der Waals surface area contributed by atoms with Gasteiger partial charge in [0.25, 0.3) is 0 Å². The van der Waals surface area contributed by atoms with Gasteiger partial charge >= 0.3 is 7.82 Å². The molecule has 0 radical (unpaired) electrons. The van der Waals surface area contributed by atoms with Crippen molar-refractivity contribution in [2.75, 3.05) is 20.3 Å². The largest absolute Gasteiger partial charge is 0.497 e. The molecular formula is C17H20NO5P. The molecule has 2 aromatic carbocycles. The van der Waals surface area contributed by atoms with Crippen LogP contribution in [-0.4, -0.2) is 20.3 Å². The summed E-state index contributed by atoms with van der Waals surface area (Å²) in [6.07, 6.45) is -1.06. The van der Waals surface area contributed by atoms with Gasteiger partial charge in [-0.1, -0.05) is 18.2 Å². The molecule has 2 rings (SSSR count). The molecular weight excluding hydrogens is 329 g/mol. The Hall–Kier alpha value is -1.90. The molecule has 0 aliphatic carbocycles. The molecule has 1 atom stereocenters. The molecule has 0 heterocycles. The predicted molar refractivity (Wildman–Crippen MR) is 90.8 cm³/mol. The molecule has 0 bridgehead atoms. The maximum atomic E-state index is 12.5. The maximum Gasteiger partial charge on any atom is 0.476 e. The first-order valence-electron chi connectivity index (χ1n) is 7.60. The van der Waals surface area contributed by atoms with E-state index in [0.717, 1.165) is 16.5 Å². The van der Waals surface area contributed by atoms with Crippen LogP contribution in [0.2, 0.25) is 0 Å². The Balaban J connectivity index is 2.31. The minimum Gasteiger partial charge on any atom is -0.497 e. The number of nitriles is 1. The Morgan fingerprint density at radius 1 is 1.08 bits per heavy atom. The van der Waals surface area contributed by atoms with Gasteiger partial charge in [0.05, 0.1) is 26.4 Å². The Morgan fingerprint density at radius 3 is 2.29 bits per heavy atom. The van der Waals surface area contributed by atoms with Crippen LogP contribution in [0.1, 0.15) is 25.5 Å². The standard InChI is InChI=1S/C17H20NO5P/c1-4-21-24(19,22-5-2)23-17(12-18)15-7-6-14-11-16(20-3)9-8-13(14)10-15/h6-11,17H,4-5H2,1-3H3/t17-/m0/s1. The van der Waals surface area contributed by atoms with Gasteiger partial charge in [0.15, 0.2) is 6.10 Å². The predicted octanol–water partition coefficient (Wildman–Crippen LogP) is 4.61. The molecule has 0 aliphatic heterocycles. The fourth-order valence-corrected chi connectivity index (χ4v) is 3.49. The fraction of sp³-hybridized carbons (Fsp3) is 0.353. The van der Waals surface area contributed by atoms with Crippen LogP contribution in [-0.2, 0) is 18.1 Å². The third kappa shape index (κ3) is 4.34. The number of fused-ring (bicyclic) bond motifs is 1. The molecule has 128 valence electrons. The summed E-state index contributed by atoms with van der Waals surface area (Å²) in [5.41, 5.74) is 0.579. The number of ether oxygens (including phenoxy) is 1. The molecule has 0 amide bonds. The lowest BCUT2D eigenvalue weighted by molar-refractivity contribution is 0.103. The SMILES string of the molecule is CCOP(=O)(OCC)O[C@@H](C#N)c1ccc2cc(OC)ccc2c1. The van der Waals surface area contributed by atoms with Crippen LogP contribution in [0.15, 0.2) is 36.4 Å². The summed E-state index contributed by atoms with van der Waals surface area (Å²) in [6, 6.07) is 13.0. The van der Waals surface area contributed by atoms with Gasteiger partial charge in [-0.3, -0.25) is 13.6 Å². The van der Waals surface area contributed by atoms with Gasteiger partial charge in [-0.25, -0.2) is 4.57 Å². The van der Waals surface area contributed by atoms with Crippen molar-refractivity contribution in [3.63, 3.8) is 0 Å². The van der Waals surface area contributed by atoms with Crippen molar-refractivity contribution in [3.05, 3.63) is 42.0 Å². The third-order valence-electron chi connectivity index (χ3n) is 3.30. The molecule has 7 heteroatoms. The number of hydrogen-bond acceptors (Lipinski definition) is 6. The average Bonchev–Trinajstić information content (AvgIpc) is 2.59. The number of nitrogens with zero attached hydrogens (tertiary/aromatic N) is 1. The van der Waals surface area contributed by atoms with E-state index in [1.807, 2.05) is 36.4 Å². The van der Waals surface area contributed by atoms with Crippen LogP contribution < -0.4 is 4.74 Å². The Bertz CT molecular complexity index is 776. The first kappa shape index (κ1) is 18.4. The second kappa shape index (κ2) is 8.27. The molecule has 0 unspecified atom stereocenters. The van der Waals surface area contributed by atoms with Gasteiger partial charge in [0.2, 0.25) is 0 Å². The summed E-state index contributed by atoms with van der Waals surface area (Å²) in [5.74, 6) is 0.750. The lowest BCUT2D eigenvalue weighted by Crippen LogP contribution is -2.05. The van der Waals surface area contributed by atoms with E-state index in [4.69, 9.17) is 18.3 Å². The van der Waals surface area contributed by atoms with Crippen LogP contribution in [0.4, 0.5) is 0 Å². The summed E-state index contributed by atoms with van der Waals surface area (Å²) >= 11 is 0. The minimum atomic E-state index is -3.77. The van der Waals surface area contributed by atoms with E-state index < -0.39 is 13.9 Å². The molecule has 0 fully saturated rings. The van der Waals surface area contributed by atoms with Crippen molar-refractivity contribution in [1.29, 1.82) is 5.26 Å². The van der Waals surface area contributed by atoms with E-state index in [1.165, 1.54) is 0 Å². The monoisotopic (exact) mass is 349 g/mol. The van der Waals surface area contributed by atoms with E-state index in [2.05, 4.69) is 0 Å². The highest BCUT2D eigenvalue weighted by atomic mass is 31.2. The van der Waals surface area contributed by atoms with Gasteiger partial charge < -0.3 is 4.74 Å². The normalized spacial score (nSPS) is 12.8. The zero-order chi connectivity index (χ0) is 17.6. The molecule has 0 N–H and O–H groups in total. The molecule has 0 saturated carbocycles. The second-order valence-electron chi connectivity index (χ2n) is 4.87. The van der Waals surface area contributed by atoms with Crippen molar-refractivity contribution >= 4 is 18.6 Å². The topological polar surface area (TPSA) is 77.8 Å². The number of phosphoric ester groups is 1. The fourth-order valence-electron chi connectivity index (χ4n) is 2.23. The lowest BCUT2D eigenvalue weighted by atomic mass is 10.0. The highest BCUT2D eigenvalue weighted by molar-refractivity contribution is 7.48. The van der Waals surface area contributed by atoms with Crippen LogP contribution in [0.5, 0.6) is 5.75 Å². The maximum absolute atomic E-state index is 12.5. The van der Waals surface area contributed by atoms with Crippen molar-refractivity contribution in [2.24, 2.45) is 0 Å². The summed E-state index contributed by atoms with van der Waals surface area (Å²) in [5, 5.41) is 11.3. The minimum absolute atomic E-state index is 0.160. The third-order valence-corrected chi connectivity index (χ3v) is 4.92. The van der Waals surface area contributed by atoms with Crippen molar-refractivity contribution in [1.82, 2.24) is 0 Å². The van der Waals surface area contributed by atoms with Gasteiger partial charge in [-0.2, -0.15) is 5.26 Å². The quantitative estimate of drug-likeness (QED) is 0.648. The van der Waals surface area contributed by atoms with Crippen LogP contribution in [0.3, 0.4) is 0 Å². The van der Waals surface area contributed by atoms with Crippen molar-refractivity contribution < 1.29 is 22.9 Å². The second-order valence-corrected chi connectivity index (χ2v) is 6.49. The van der Waals surface area contributed by atoms with Gasteiger partial charge in [-0.05, 0) is 48.4 Å². The molecule has 0 aliphatic rings. The number of methoxy groups -OCH3 is 1. The van der Waals surface area contributed by atoms with E-state index in [1.54, 1.807) is 27.0 Å². The molecule has 0 saturated heterocycles. The average molecular weight is 349 g/mol. The summed E-state index contributed by atoms with van der Waals surface area (Å²) < 4.78 is 33.2. The van der Waals surface area contributed by atoms with Gasteiger partial charge in [0.1, 0.15) is 5.75 Å². The highest BCUT2D eigenvalue weighted by Crippen LogP contribution is 2.52. The van der Waals surface area contributed by atoms with E-state index in [9.17, 15) is 9.83 Å². The Morgan fingerprint density at radius 2 is 1.71 bits per heavy atom. The number of phosphoric acid groups is 1. The van der Waals surface area contributed by atoms with E-state index in [0.29, 0.717) is 5.56 Å². The van der Waals surface area contributed by atoms with Gasteiger partial charge in [-0.15, -0.1) is 0 Å². The smallest absolute Gasteiger partial charge is 0.476 e. The molecule has 0 spiro atoms. The summed E-state index contributed by atoms with van der Waals surface area (Å²) in [6.45, 7) is 3.68. The van der Waals surface area contributed by atoms with Crippen LogP contribution >= 0.6 is 7.82 Å². The highest BCUT2D eigenvalue weighted by Gasteiger charge is 2.31. The van der Waals surface area contributed by atoms with Crippen LogP contribution in [0.25, 0.3) is 10.8 Å². The zero-order valence-corrected chi connectivity index (χ0v) is 14.8. The summed E-state index contributed by atoms with van der Waals surface area (Å²) in [4.78, 5) is 0. The molecule has 24 heavy (non-hydrogen) atoms. The number of rotatable bonds is 8. The molecule has 0 aromatic heterocycles. The first-order chi connectivity index (χ1) is 11.5. The first-order valence-corrected chi connectivity index (χ1v) is 9.06. The number of benzene rings is 2. The lowest BCUT2D eigenvalue weighted by Gasteiger charge is -2.19. The summed E-state index contributed by atoms with van der Waals surface area (Å²) in [7, 11) is -2.17.